The molecule has 1 fully saturated rings. The molecule has 0 bridgehead atoms. The van der Waals surface area contributed by atoms with Crippen LogP contribution in [0.5, 0.6) is 0 Å². The molecule has 3 heterocycles. The van der Waals surface area contributed by atoms with Crippen molar-refractivity contribution < 1.29 is 4.79 Å². The van der Waals surface area contributed by atoms with E-state index < -0.39 is 0 Å². The maximum absolute atomic E-state index is 12.7. The first-order valence-electron chi connectivity index (χ1n) is 8.51. The van der Waals surface area contributed by atoms with Crippen LogP contribution in [0.25, 0.3) is 10.9 Å². The average Bonchev–Trinajstić information content (AvgIpc) is 3.31. The number of para-hydroxylation sites is 1. The van der Waals surface area contributed by atoms with E-state index in [0.29, 0.717) is 12.5 Å². The number of amides is 1. The molecule has 1 saturated heterocycles. The van der Waals surface area contributed by atoms with Gasteiger partial charge in [-0.1, -0.05) is 18.2 Å². The fourth-order valence-electron chi connectivity index (χ4n) is 3.33. The molecule has 0 unspecified atom stereocenters. The van der Waals surface area contributed by atoms with Crippen molar-refractivity contribution in [3.8, 4) is 0 Å². The third kappa shape index (κ3) is 3.22. The summed E-state index contributed by atoms with van der Waals surface area (Å²) in [5.41, 5.74) is 3.01. The molecule has 1 N–H and O–H groups in total. The Bertz CT molecular complexity index is 894. The van der Waals surface area contributed by atoms with E-state index in [0.717, 1.165) is 41.5 Å². The minimum atomic E-state index is -0.195. The van der Waals surface area contributed by atoms with Crippen LogP contribution in [0.1, 0.15) is 24.1 Å². The third-order valence-corrected chi connectivity index (χ3v) is 5.37. The lowest BCUT2D eigenvalue weighted by atomic mass is 10.2. The summed E-state index contributed by atoms with van der Waals surface area (Å²) in [4.78, 5) is 24.1. The van der Waals surface area contributed by atoms with Gasteiger partial charge < -0.3 is 10.2 Å². The van der Waals surface area contributed by atoms with E-state index >= 15 is 0 Å². The first-order chi connectivity index (χ1) is 12.2. The van der Waals surface area contributed by atoms with Gasteiger partial charge in [-0.25, -0.2) is 9.97 Å². The SMILES string of the molecule is Cc1nc(N2CCC[C@H]2C(=O)NCc2ccsc2)nc2ccccc12. The van der Waals surface area contributed by atoms with Crippen molar-refractivity contribution in [1.29, 1.82) is 0 Å². The van der Waals surface area contributed by atoms with Gasteiger partial charge in [0.1, 0.15) is 6.04 Å². The fourth-order valence-corrected chi connectivity index (χ4v) is 4.00. The largest absolute Gasteiger partial charge is 0.350 e. The van der Waals surface area contributed by atoms with Crippen LogP contribution in [0.15, 0.2) is 41.1 Å². The van der Waals surface area contributed by atoms with Gasteiger partial charge in [-0.05, 0) is 48.2 Å². The van der Waals surface area contributed by atoms with Crippen LogP contribution in [-0.4, -0.2) is 28.5 Å². The summed E-state index contributed by atoms with van der Waals surface area (Å²) in [5.74, 6) is 0.711. The van der Waals surface area contributed by atoms with Gasteiger partial charge in [0.05, 0.1) is 11.2 Å². The van der Waals surface area contributed by atoms with E-state index in [2.05, 4.69) is 15.7 Å². The number of aromatic nitrogens is 2. The highest BCUT2D eigenvalue weighted by atomic mass is 32.1. The molecule has 128 valence electrons. The van der Waals surface area contributed by atoms with E-state index in [1.807, 2.05) is 47.5 Å². The number of nitrogens with zero attached hydrogens (tertiary/aromatic N) is 3. The first-order valence-corrected chi connectivity index (χ1v) is 9.45. The van der Waals surface area contributed by atoms with E-state index in [4.69, 9.17) is 4.98 Å². The van der Waals surface area contributed by atoms with Crippen molar-refractivity contribution in [2.24, 2.45) is 0 Å². The molecule has 6 heteroatoms. The standard InChI is InChI=1S/C19H20N4OS/c1-13-15-5-2-3-6-16(15)22-19(21-13)23-9-4-7-17(23)18(24)20-11-14-8-10-25-12-14/h2-3,5-6,8,10,12,17H,4,7,9,11H2,1H3,(H,20,24)/t17-/m0/s1. The number of carbonyl (C=O) groups is 1. The number of anilines is 1. The molecular weight excluding hydrogens is 332 g/mol. The van der Waals surface area contributed by atoms with Crippen molar-refractivity contribution in [1.82, 2.24) is 15.3 Å². The minimum absolute atomic E-state index is 0.0538. The Balaban J connectivity index is 1.55. The predicted octanol–water partition coefficient (Wildman–Crippen LogP) is 3.28. The van der Waals surface area contributed by atoms with E-state index in [9.17, 15) is 4.79 Å². The molecular formula is C19H20N4OS. The molecule has 1 aliphatic heterocycles. The van der Waals surface area contributed by atoms with Crippen LogP contribution in [0.3, 0.4) is 0 Å². The Morgan fingerprint density at radius 1 is 1.32 bits per heavy atom. The summed E-state index contributed by atoms with van der Waals surface area (Å²) >= 11 is 1.64. The maximum atomic E-state index is 12.7. The van der Waals surface area contributed by atoms with Gasteiger partial charge in [0.25, 0.3) is 0 Å². The summed E-state index contributed by atoms with van der Waals surface area (Å²) in [6.45, 7) is 3.38. The van der Waals surface area contributed by atoms with Gasteiger partial charge in [-0.3, -0.25) is 4.79 Å². The normalized spacial score (nSPS) is 17.2. The fraction of sp³-hybridized carbons (Fsp3) is 0.316. The Hall–Kier alpha value is -2.47. The van der Waals surface area contributed by atoms with Crippen LogP contribution in [0, 0.1) is 6.92 Å². The number of aryl methyl sites for hydroxylation is 1. The maximum Gasteiger partial charge on any atom is 0.243 e. The Kier molecular flexibility index (Phi) is 4.36. The Labute approximate surface area is 150 Å². The number of hydrogen-bond acceptors (Lipinski definition) is 5. The lowest BCUT2D eigenvalue weighted by Gasteiger charge is -2.24. The van der Waals surface area contributed by atoms with Gasteiger partial charge in [-0.2, -0.15) is 11.3 Å². The van der Waals surface area contributed by atoms with Crippen molar-refractivity contribution in [2.75, 3.05) is 11.4 Å². The Morgan fingerprint density at radius 2 is 2.20 bits per heavy atom. The van der Waals surface area contributed by atoms with Crippen molar-refractivity contribution in [3.05, 3.63) is 52.3 Å². The van der Waals surface area contributed by atoms with Gasteiger partial charge in [0.2, 0.25) is 11.9 Å². The first kappa shape index (κ1) is 16.0. The monoisotopic (exact) mass is 352 g/mol. The lowest BCUT2D eigenvalue weighted by molar-refractivity contribution is -0.122. The summed E-state index contributed by atoms with van der Waals surface area (Å²) in [6, 6.07) is 9.84. The molecule has 0 saturated carbocycles. The quantitative estimate of drug-likeness (QED) is 0.783. The smallest absolute Gasteiger partial charge is 0.243 e. The van der Waals surface area contributed by atoms with Gasteiger partial charge in [0.15, 0.2) is 0 Å². The average molecular weight is 352 g/mol. The number of hydrogen-bond donors (Lipinski definition) is 1. The van der Waals surface area contributed by atoms with Crippen molar-refractivity contribution >= 4 is 34.1 Å². The van der Waals surface area contributed by atoms with Gasteiger partial charge in [-0.15, -0.1) is 0 Å². The summed E-state index contributed by atoms with van der Waals surface area (Å²) in [5, 5.41) is 8.19. The molecule has 4 rings (SSSR count). The number of carbonyl (C=O) groups excluding carboxylic acids is 1. The molecule has 0 aliphatic carbocycles. The molecule has 1 amide bonds. The van der Waals surface area contributed by atoms with Crippen molar-refractivity contribution in [3.63, 3.8) is 0 Å². The summed E-state index contributed by atoms with van der Waals surface area (Å²) in [7, 11) is 0. The van der Waals surface area contributed by atoms with E-state index in [1.54, 1.807) is 11.3 Å². The lowest BCUT2D eigenvalue weighted by Crippen LogP contribution is -2.43. The highest BCUT2D eigenvalue weighted by molar-refractivity contribution is 7.07. The molecule has 1 aliphatic rings. The van der Waals surface area contributed by atoms with Gasteiger partial charge in [0, 0.05) is 18.5 Å². The third-order valence-electron chi connectivity index (χ3n) is 4.64. The highest BCUT2D eigenvalue weighted by Crippen LogP contribution is 2.25. The summed E-state index contributed by atoms with van der Waals surface area (Å²) in [6.07, 6.45) is 1.82. The molecule has 1 aromatic carbocycles. The summed E-state index contributed by atoms with van der Waals surface area (Å²) < 4.78 is 0. The number of rotatable bonds is 4. The second-order valence-electron chi connectivity index (χ2n) is 6.33. The molecule has 5 nitrogen and oxygen atoms in total. The second kappa shape index (κ2) is 6.80. The number of fused-ring (bicyclic) bond motifs is 1. The molecule has 1 atom stereocenters. The molecule has 25 heavy (non-hydrogen) atoms. The number of nitrogens with one attached hydrogen (secondary N) is 1. The Morgan fingerprint density at radius 3 is 3.04 bits per heavy atom. The zero-order valence-electron chi connectivity index (χ0n) is 14.1. The van der Waals surface area contributed by atoms with Crippen LogP contribution in [0.2, 0.25) is 0 Å². The van der Waals surface area contributed by atoms with Crippen LogP contribution in [0.4, 0.5) is 5.95 Å². The van der Waals surface area contributed by atoms with E-state index in [1.165, 1.54) is 0 Å². The number of thiophene rings is 1. The minimum Gasteiger partial charge on any atom is -0.350 e. The predicted molar refractivity (Wildman–Crippen MR) is 101 cm³/mol. The zero-order chi connectivity index (χ0) is 17.2. The molecule has 0 spiro atoms. The highest BCUT2D eigenvalue weighted by Gasteiger charge is 2.32. The van der Waals surface area contributed by atoms with Crippen LogP contribution < -0.4 is 10.2 Å². The molecule has 3 aromatic rings. The zero-order valence-corrected chi connectivity index (χ0v) is 14.9. The molecule has 2 aromatic heterocycles. The number of benzene rings is 1. The van der Waals surface area contributed by atoms with Crippen LogP contribution in [-0.2, 0) is 11.3 Å². The van der Waals surface area contributed by atoms with Gasteiger partial charge >= 0.3 is 0 Å². The molecule has 0 radical (unpaired) electrons. The van der Waals surface area contributed by atoms with Crippen LogP contribution >= 0.6 is 11.3 Å². The van der Waals surface area contributed by atoms with E-state index in [-0.39, 0.29) is 11.9 Å². The second-order valence-corrected chi connectivity index (χ2v) is 7.11. The van der Waals surface area contributed by atoms with Crippen molar-refractivity contribution in [2.45, 2.75) is 32.4 Å². The topological polar surface area (TPSA) is 58.1 Å².